The van der Waals surface area contributed by atoms with E-state index in [1.165, 1.54) is 63.6 Å². The Bertz CT molecular complexity index is 480. The topological polar surface area (TPSA) is 30.7 Å². The molecule has 20 heavy (non-hydrogen) atoms. The monoisotopic (exact) mass is 293 g/mol. The van der Waals surface area contributed by atoms with E-state index in [0.29, 0.717) is 17.8 Å². The molecule has 0 bridgehead atoms. The fourth-order valence-electron chi connectivity index (χ4n) is 4.55. The third kappa shape index (κ3) is 2.28. The summed E-state index contributed by atoms with van der Waals surface area (Å²) >= 11 is 6.04. The summed E-state index contributed by atoms with van der Waals surface area (Å²) in [7, 11) is 0. The van der Waals surface area contributed by atoms with E-state index in [0.717, 1.165) is 17.7 Å². The first-order valence-electron chi connectivity index (χ1n) is 8.36. The van der Waals surface area contributed by atoms with E-state index in [9.17, 15) is 0 Å². The molecule has 0 aliphatic heterocycles. The van der Waals surface area contributed by atoms with Crippen LogP contribution in [0.1, 0.15) is 81.4 Å². The Hall–Kier alpha value is -0.570. The Morgan fingerprint density at radius 2 is 1.75 bits per heavy atom. The van der Waals surface area contributed by atoms with E-state index in [-0.39, 0.29) is 0 Å². The second kappa shape index (κ2) is 5.32. The molecule has 3 nitrogen and oxygen atoms in total. The SMILES string of the molecule is ClCc1nnc(C2CCC3CCCCC3C2)n1C1CC1. The molecule has 3 aliphatic carbocycles. The van der Waals surface area contributed by atoms with Crippen LogP contribution in [0.4, 0.5) is 0 Å². The highest BCUT2D eigenvalue weighted by molar-refractivity contribution is 6.16. The van der Waals surface area contributed by atoms with E-state index in [1.807, 2.05) is 0 Å². The van der Waals surface area contributed by atoms with Gasteiger partial charge < -0.3 is 4.57 Å². The van der Waals surface area contributed by atoms with Gasteiger partial charge in [0.25, 0.3) is 0 Å². The van der Waals surface area contributed by atoms with E-state index in [2.05, 4.69) is 14.8 Å². The molecule has 1 aromatic rings. The summed E-state index contributed by atoms with van der Waals surface area (Å²) in [6, 6.07) is 0.651. The van der Waals surface area contributed by atoms with Crippen molar-refractivity contribution in [3.8, 4) is 0 Å². The smallest absolute Gasteiger partial charge is 0.148 e. The van der Waals surface area contributed by atoms with Crippen molar-refractivity contribution in [2.75, 3.05) is 0 Å². The second-order valence-corrected chi connectivity index (χ2v) is 7.29. The molecule has 3 atom stereocenters. The Balaban J connectivity index is 1.57. The van der Waals surface area contributed by atoms with Crippen molar-refractivity contribution >= 4 is 11.6 Å². The summed E-state index contributed by atoms with van der Waals surface area (Å²) in [5.74, 6) is 5.35. The molecule has 0 aromatic carbocycles. The maximum Gasteiger partial charge on any atom is 0.148 e. The minimum Gasteiger partial charge on any atom is -0.311 e. The highest BCUT2D eigenvalue weighted by Gasteiger charge is 2.37. The predicted octanol–water partition coefficient (Wildman–Crippen LogP) is 4.43. The van der Waals surface area contributed by atoms with Crippen molar-refractivity contribution in [3.05, 3.63) is 11.6 Å². The molecule has 0 amide bonds. The molecule has 1 heterocycles. The van der Waals surface area contributed by atoms with Gasteiger partial charge >= 0.3 is 0 Å². The minimum atomic E-state index is 0.502. The lowest BCUT2D eigenvalue weighted by atomic mass is 9.67. The van der Waals surface area contributed by atoms with Gasteiger partial charge in [0.15, 0.2) is 0 Å². The summed E-state index contributed by atoms with van der Waals surface area (Å²) in [6.07, 6.45) is 12.5. The first-order valence-corrected chi connectivity index (χ1v) is 8.90. The van der Waals surface area contributed by atoms with E-state index in [1.54, 1.807) is 0 Å². The molecule has 4 rings (SSSR count). The van der Waals surface area contributed by atoms with Crippen LogP contribution in [0.2, 0.25) is 0 Å². The molecular formula is C16H24ClN3. The van der Waals surface area contributed by atoms with Crippen molar-refractivity contribution in [2.24, 2.45) is 11.8 Å². The maximum absolute atomic E-state index is 6.04. The molecule has 0 spiro atoms. The maximum atomic E-state index is 6.04. The van der Waals surface area contributed by atoms with Gasteiger partial charge in [-0.2, -0.15) is 0 Å². The highest BCUT2D eigenvalue weighted by Crippen LogP contribution is 2.47. The van der Waals surface area contributed by atoms with Crippen LogP contribution in [0, 0.1) is 11.8 Å². The molecule has 110 valence electrons. The molecule has 3 aliphatic rings. The van der Waals surface area contributed by atoms with Gasteiger partial charge in [-0.05, 0) is 43.9 Å². The van der Waals surface area contributed by atoms with Crippen LogP contribution >= 0.6 is 11.6 Å². The van der Waals surface area contributed by atoms with Gasteiger partial charge in [0, 0.05) is 12.0 Å². The molecular weight excluding hydrogens is 270 g/mol. The van der Waals surface area contributed by atoms with Crippen molar-refractivity contribution in [1.82, 2.24) is 14.8 Å². The number of halogens is 1. The predicted molar refractivity (Wildman–Crippen MR) is 79.9 cm³/mol. The number of fused-ring (bicyclic) bond motifs is 1. The number of alkyl halides is 1. The molecule has 3 fully saturated rings. The summed E-state index contributed by atoms with van der Waals surface area (Å²) < 4.78 is 2.39. The lowest BCUT2D eigenvalue weighted by Gasteiger charge is -2.39. The van der Waals surface area contributed by atoms with Gasteiger partial charge in [-0.3, -0.25) is 0 Å². The lowest BCUT2D eigenvalue weighted by molar-refractivity contribution is 0.151. The second-order valence-electron chi connectivity index (χ2n) is 7.02. The quantitative estimate of drug-likeness (QED) is 0.772. The summed E-state index contributed by atoms with van der Waals surface area (Å²) in [5, 5.41) is 8.89. The molecule has 0 N–H and O–H groups in total. The third-order valence-corrected chi connectivity index (χ3v) is 5.97. The van der Waals surface area contributed by atoms with Crippen LogP contribution in [0.25, 0.3) is 0 Å². The van der Waals surface area contributed by atoms with E-state index in [4.69, 9.17) is 11.6 Å². The lowest BCUT2D eigenvalue weighted by Crippen LogP contribution is -2.28. The molecule has 3 saturated carbocycles. The van der Waals surface area contributed by atoms with Crippen LogP contribution in [0.5, 0.6) is 0 Å². The number of aromatic nitrogens is 3. The molecule has 4 heteroatoms. The normalized spacial score (nSPS) is 34.0. The third-order valence-electron chi connectivity index (χ3n) is 5.73. The van der Waals surface area contributed by atoms with Gasteiger partial charge in [-0.1, -0.05) is 25.7 Å². The number of hydrogen-bond acceptors (Lipinski definition) is 2. The molecule has 0 radical (unpaired) electrons. The molecule has 0 saturated heterocycles. The average molecular weight is 294 g/mol. The summed E-state index contributed by atoms with van der Waals surface area (Å²) in [5.41, 5.74) is 0. The number of nitrogens with zero attached hydrogens (tertiary/aromatic N) is 3. The first-order chi connectivity index (χ1) is 9.86. The van der Waals surface area contributed by atoms with E-state index >= 15 is 0 Å². The highest BCUT2D eigenvalue weighted by atomic mass is 35.5. The molecule has 1 aromatic heterocycles. The Morgan fingerprint density at radius 1 is 0.950 bits per heavy atom. The van der Waals surface area contributed by atoms with Crippen LogP contribution in [-0.2, 0) is 5.88 Å². The van der Waals surface area contributed by atoms with Crippen molar-refractivity contribution in [3.63, 3.8) is 0 Å². The minimum absolute atomic E-state index is 0.502. The van der Waals surface area contributed by atoms with Crippen LogP contribution in [0.15, 0.2) is 0 Å². The molecule has 3 unspecified atom stereocenters. The number of rotatable bonds is 3. The van der Waals surface area contributed by atoms with Crippen LogP contribution in [0.3, 0.4) is 0 Å². The van der Waals surface area contributed by atoms with E-state index < -0.39 is 0 Å². The van der Waals surface area contributed by atoms with Gasteiger partial charge in [0.05, 0.1) is 5.88 Å². The fraction of sp³-hybridized carbons (Fsp3) is 0.875. The van der Waals surface area contributed by atoms with Crippen LogP contribution < -0.4 is 0 Å². The Morgan fingerprint density at radius 3 is 2.50 bits per heavy atom. The zero-order valence-electron chi connectivity index (χ0n) is 12.1. The standard InChI is InChI=1S/C16H24ClN3/c17-10-15-18-19-16(20(15)14-7-8-14)13-6-5-11-3-1-2-4-12(11)9-13/h11-14H,1-10H2. The van der Waals surface area contributed by atoms with Gasteiger partial charge in [0.2, 0.25) is 0 Å². The van der Waals surface area contributed by atoms with Gasteiger partial charge in [-0.25, -0.2) is 0 Å². The first kappa shape index (κ1) is 13.1. The van der Waals surface area contributed by atoms with Crippen molar-refractivity contribution in [2.45, 2.75) is 75.6 Å². The summed E-state index contributed by atoms with van der Waals surface area (Å²) in [4.78, 5) is 0. The zero-order valence-corrected chi connectivity index (χ0v) is 12.9. The number of hydrogen-bond donors (Lipinski definition) is 0. The van der Waals surface area contributed by atoms with Crippen molar-refractivity contribution in [1.29, 1.82) is 0 Å². The average Bonchev–Trinajstić information content (AvgIpc) is 3.25. The van der Waals surface area contributed by atoms with Crippen LogP contribution in [-0.4, -0.2) is 14.8 Å². The van der Waals surface area contributed by atoms with Crippen molar-refractivity contribution < 1.29 is 0 Å². The largest absolute Gasteiger partial charge is 0.311 e. The fourth-order valence-corrected chi connectivity index (χ4v) is 4.73. The summed E-state index contributed by atoms with van der Waals surface area (Å²) in [6.45, 7) is 0. The zero-order chi connectivity index (χ0) is 13.5. The van der Waals surface area contributed by atoms with Gasteiger partial charge in [0.1, 0.15) is 11.6 Å². The Labute approximate surface area is 126 Å². The van der Waals surface area contributed by atoms with Gasteiger partial charge in [-0.15, -0.1) is 21.8 Å². The Kier molecular flexibility index (Phi) is 3.49.